The predicted molar refractivity (Wildman–Crippen MR) is 94.5 cm³/mol. The van der Waals surface area contributed by atoms with E-state index in [4.69, 9.17) is 9.47 Å². The zero-order valence-electron chi connectivity index (χ0n) is 14.8. The van der Waals surface area contributed by atoms with Gasteiger partial charge in [-0.25, -0.2) is 0 Å². The monoisotopic (exact) mass is 357 g/mol. The minimum absolute atomic E-state index is 0.476. The Morgan fingerprint density at radius 3 is 2.85 bits per heavy atom. The standard InChI is InChI=1S/C19H23N3O4/c1-22(11-15-13-4-2-3-5-14(13)20-21-15)18(19(23)24)12-6-7-16-17(10-12)26-9-8-25-16/h6-7,10,18H,2-5,8-9,11H2,1H3,(H,20,21)(H,23,24)/t18-/m1/s1. The number of hydrogen-bond acceptors (Lipinski definition) is 5. The van der Waals surface area contributed by atoms with Crippen molar-refractivity contribution < 1.29 is 19.4 Å². The van der Waals surface area contributed by atoms with Crippen LogP contribution >= 0.6 is 0 Å². The van der Waals surface area contributed by atoms with Crippen molar-refractivity contribution >= 4 is 5.97 Å². The van der Waals surface area contributed by atoms with Crippen LogP contribution in [0.5, 0.6) is 11.5 Å². The molecule has 0 amide bonds. The number of aliphatic carboxylic acids is 1. The molecule has 7 nitrogen and oxygen atoms in total. The van der Waals surface area contributed by atoms with Crippen molar-refractivity contribution in [3.63, 3.8) is 0 Å². The fourth-order valence-corrected chi connectivity index (χ4v) is 3.82. The van der Waals surface area contributed by atoms with Crippen LogP contribution in [0.4, 0.5) is 0 Å². The van der Waals surface area contributed by atoms with Crippen molar-refractivity contribution in [2.75, 3.05) is 20.3 Å². The molecule has 4 rings (SSSR count). The summed E-state index contributed by atoms with van der Waals surface area (Å²) in [6, 6.07) is 4.57. The van der Waals surface area contributed by atoms with Crippen molar-refractivity contribution in [3.8, 4) is 11.5 Å². The van der Waals surface area contributed by atoms with Gasteiger partial charge in [0.25, 0.3) is 0 Å². The van der Waals surface area contributed by atoms with Gasteiger partial charge in [-0.2, -0.15) is 5.10 Å². The molecule has 1 atom stereocenters. The third-order valence-electron chi connectivity index (χ3n) is 5.10. The Labute approximate surface area is 151 Å². The molecule has 0 unspecified atom stereocenters. The molecule has 1 aliphatic carbocycles. The lowest BCUT2D eigenvalue weighted by molar-refractivity contribution is -0.143. The second-order valence-corrected chi connectivity index (χ2v) is 6.89. The molecule has 1 aliphatic heterocycles. The van der Waals surface area contributed by atoms with Crippen LogP contribution in [0.2, 0.25) is 0 Å². The number of benzene rings is 1. The first-order valence-electron chi connectivity index (χ1n) is 9.01. The SMILES string of the molecule is CN(Cc1n[nH]c2c1CCCC2)[C@@H](C(=O)O)c1ccc2c(c1)OCCO2. The summed E-state index contributed by atoms with van der Waals surface area (Å²) in [6.07, 6.45) is 4.38. The van der Waals surface area contributed by atoms with Crippen molar-refractivity contribution in [2.45, 2.75) is 38.3 Å². The molecule has 0 saturated carbocycles. The van der Waals surface area contributed by atoms with E-state index in [1.54, 1.807) is 18.2 Å². The van der Waals surface area contributed by atoms with E-state index in [-0.39, 0.29) is 0 Å². The first-order valence-corrected chi connectivity index (χ1v) is 9.01. The van der Waals surface area contributed by atoms with E-state index in [1.165, 1.54) is 17.7 Å². The van der Waals surface area contributed by atoms with E-state index in [0.717, 1.165) is 25.0 Å². The first kappa shape index (κ1) is 16.9. The fourth-order valence-electron chi connectivity index (χ4n) is 3.82. The van der Waals surface area contributed by atoms with Crippen molar-refractivity contribution in [1.29, 1.82) is 0 Å². The molecule has 7 heteroatoms. The van der Waals surface area contributed by atoms with Gasteiger partial charge in [0.05, 0.1) is 5.69 Å². The van der Waals surface area contributed by atoms with Crippen LogP contribution < -0.4 is 9.47 Å². The number of fused-ring (bicyclic) bond motifs is 2. The maximum absolute atomic E-state index is 12.0. The van der Waals surface area contributed by atoms with Crippen LogP contribution in [0.25, 0.3) is 0 Å². The van der Waals surface area contributed by atoms with Gasteiger partial charge in [-0.1, -0.05) is 6.07 Å². The Morgan fingerprint density at radius 1 is 1.27 bits per heavy atom. The van der Waals surface area contributed by atoms with Crippen LogP contribution in [0, 0.1) is 0 Å². The molecule has 1 aromatic heterocycles. The largest absolute Gasteiger partial charge is 0.486 e. The van der Waals surface area contributed by atoms with Gasteiger partial charge in [0.2, 0.25) is 0 Å². The maximum Gasteiger partial charge on any atom is 0.325 e. The summed E-state index contributed by atoms with van der Waals surface area (Å²) in [7, 11) is 1.82. The second kappa shape index (κ2) is 6.99. The van der Waals surface area contributed by atoms with Crippen molar-refractivity contribution in [3.05, 3.63) is 40.7 Å². The minimum atomic E-state index is -0.895. The lowest BCUT2D eigenvalue weighted by Gasteiger charge is -2.26. The van der Waals surface area contributed by atoms with E-state index in [2.05, 4.69) is 10.2 Å². The van der Waals surface area contributed by atoms with Crippen LogP contribution in [-0.4, -0.2) is 46.4 Å². The van der Waals surface area contributed by atoms with Gasteiger partial charge in [-0.3, -0.25) is 14.8 Å². The molecule has 0 spiro atoms. The number of carboxylic acid groups (broad SMARTS) is 1. The lowest BCUT2D eigenvalue weighted by atomic mass is 9.95. The fraction of sp³-hybridized carbons (Fsp3) is 0.474. The molecule has 0 bridgehead atoms. The molecular weight excluding hydrogens is 334 g/mol. The number of H-pyrrole nitrogens is 1. The highest BCUT2D eigenvalue weighted by Crippen LogP contribution is 2.34. The summed E-state index contributed by atoms with van der Waals surface area (Å²) in [5.41, 5.74) is 4.08. The maximum atomic E-state index is 12.0. The average Bonchev–Trinajstić information content (AvgIpc) is 3.04. The third-order valence-corrected chi connectivity index (χ3v) is 5.10. The summed E-state index contributed by atoms with van der Waals surface area (Å²) in [6.45, 7) is 1.47. The number of hydrogen-bond donors (Lipinski definition) is 2. The van der Waals surface area contributed by atoms with E-state index >= 15 is 0 Å². The first-order chi connectivity index (χ1) is 12.6. The molecule has 138 valence electrons. The molecule has 2 aliphatic rings. The van der Waals surface area contributed by atoms with Gasteiger partial charge in [0.15, 0.2) is 11.5 Å². The summed E-state index contributed by atoms with van der Waals surface area (Å²) in [5.74, 6) is 0.368. The van der Waals surface area contributed by atoms with Gasteiger partial charge >= 0.3 is 5.97 Å². The topological polar surface area (TPSA) is 87.7 Å². The molecule has 0 fully saturated rings. The highest BCUT2D eigenvalue weighted by molar-refractivity contribution is 5.76. The van der Waals surface area contributed by atoms with Gasteiger partial charge < -0.3 is 14.6 Å². The number of ether oxygens (including phenoxy) is 2. The minimum Gasteiger partial charge on any atom is -0.486 e. The second-order valence-electron chi connectivity index (χ2n) is 6.89. The average molecular weight is 357 g/mol. The van der Waals surface area contributed by atoms with E-state index in [0.29, 0.717) is 36.8 Å². The molecule has 2 N–H and O–H groups in total. The predicted octanol–water partition coefficient (Wildman–Crippen LogP) is 2.32. The van der Waals surface area contributed by atoms with Crippen molar-refractivity contribution in [2.24, 2.45) is 0 Å². The Morgan fingerprint density at radius 2 is 2.04 bits per heavy atom. The summed E-state index contributed by atoms with van der Waals surface area (Å²) >= 11 is 0. The number of aryl methyl sites for hydroxylation is 1. The molecule has 0 saturated heterocycles. The molecule has 2 heterocycles. The number of nitrogens with one attached hydrogen (secondary N) is 1. The quantitative estimate of drug-likeness (QED) is 0.854. The molecule has 0 radical (unpaired) electrons. The number of carbonyl (C=O) groups is 1. The normalized spacial score (nSPS) is 17.0. The van der Waals surface area contributed by atoms with Crippen molar-refractivity contribution in [1.82, 2.24) is 15.1 Å². The number of nitrogens with zero attached hydrogens (tertiary/aromatic N) is 2. The summed E-state index contributed by atoms with van der Waals surface area (Å²) < 4.78 is 11.1. The Hall–Kier alpha value is -2.54. The number of aromatic nitrogens is 2. The van der Waals surface area contributed by atoms with Gasteiger partial charge in [0, 0.05) is 12.2 Å². The van der Waals surface area contributed by atoms with E-state index in [9.17, 15) is 9.90 Å². The highest BCUT2D eigenvalue weighted by atomic mass is 16.6. The zero-order chi connectivity index (χ0) is 18.1. The van der Waals surface area contributed by atoms with Gasteiger partial charge in [-0.15, -0.1) is 0 Å². The lowest BCUT2D eigenvalue weighted by Crippen LogP contribution is -2.31. The highest BCUT2D eigenvalue weighted by Gasteiger charge is 2.28. The molecule has 1 aromatic carbocycles. The Balaban J connectivity index is 1.58. The van der Waals surface area contributed by atoms with Crippen LogP contribution in [0.3, 0.4) is 0 Å². The summed E-state index contributed by atoms with van der Waals surface area (Å²) in [5, 5.41) is 17.4. The van der Waals surface area contributed by atoms with Gasteiger partial charge in [-0.05, 0) is 56.0 Å². The van der Waals surface area contributed by atoms with Crippen LogP contribution in [0.15, 0.2) is 18.2 Å². The zero-order valence-corrected chi connectivity index (χ0v) is 14.8. The number of rotatable bonds is 5. The van der Waals surface area contributed by atoms with Gasteiger partial charge in [0.1, 0.15) is 19.3 Å². The van der Waals surface area contributed by atoms with E-state index < -0.39 is 12.0 Å². The molecule has 2 aromatic rings. The number of aromatic amines is 1. The molecular formula is C19H23N3O4. The van der Waals surface area contributed by atoms with Crippen LogP contribution in [-0.2, 0) is 24.2 Å². The third kappa shape index (κ3) is 3.14. The van der Waals surface area contributed by atoms with E-state index in [1.807, 2.05) is 11.9 Å². The Kier molecular flexibility index (Phi) is 4.55. The number of likely N-dealkylation sites (N-methyl/N-ethyl adjacent to an activating group) is 1. The van der Waals surface area contributed by atoms with Crippen LogP contribution in [0.1, 0.15) is 41.4 Å². The summed E-state index contributed by atoms with van der Waals surface area (Å²) in [4.78, 5) is 13.8. The smallest absolute Gasteiger partial charge is 0.325 e. The Bertz CT molecular complexity index is 817. The number of carboxylic acids is 1. The molecule has 26 heavy (non-hydrogen) atoms.